The summed E-state index contributed by atoms with van der Waals surface area (Å²) in [4.78, 5) is 28.2. The molecule has 2 aromatic carbocycles. The number of anilines is 2. The second-order valence-electron chi connectivity index (χ2n) is 11.0. The highest BCUT2D eigenvalue weighted by molar-refractivity contribution is 6.09. The van der Waals surface area contributed by atoms with Crippen LogP contribution in [0.2, 0.25) is 0 Å². The molecule has 11 heteroatoms. The molecule has 0 unspecified atom stereocenters. The fraction of sp³-hybridized carbons (Fsp3) is 0.379. The van der Waals surface area contributed by atoms with Crippen LogP contribution in [0.1, 0.15) is 48.6 Å². The van der Waals surface area contributed by atoms with E-state index in [0.29, 0.717) is 22.4 Å². The summed E-state index contributed by atoms with van der Waals surface area (Å²) in [5, 5.41) is 12.6. The molecule has 4 heterocycles. The monoisotopic (exact) mass is 546 g/mol. The van der Waals surface area contributed by atoms with Crippen LogP contribution in [0, 0.1) is 17.0 Å². The van der Waals surface area contributed by atoms with Crippen LogP contribution in [0.4, 0.5) is 20.2 Å². The number of para-hydroxylation sites is 1. The average Bonchev–Trinajstić information content (AvgIpc) is 3.38. The standard InChI is InChI=1S/C29H28F2N6O3/c30-20-4-1-5-21(31)27(20)37-25(38)9-7-23(34-37)28(39)33-22-6-8-24-19(15-32-36(24)18-3-2-14-40-16-18)26(22)35-13-12-29(17-35)10-11-29/h1,4-9,15,18H,2-3,10-14,16-17H2,(H,33,39)/t18-/m1/s1. The fourth-order valence-corrected chi connectivity index (χ4v) is 6.04. The molecule has 1 atom stereocenters. The first-order valence-electron chi connectivity index (χ1n) is 13.6. The van der Waals surface area contributed by atoms with Gasteiger partial charge in [0.2, 0.25) is 0 Å². The van der Waals surface area contributed by atoms with Gasteiger partial charge in [-0.05, 0) is 67.9 Å². The van der Waals surface area contributed by atoms with Crippen molar-refractivity contribution in [1.82, 2.24) is 19.6 Å². The van der Waals surface area contributed by atoms with Gasteiger partial charge in [-0.1, -0.05) is 6.07 Å². The first-order valence-corrected chi connectivity index (χ1v) is 13.6. The molecule has 2 saturated heterocycles. The molecular formula is C29H28F2N6O3. The molecule has 1 amide bonds. The van der Waals surface area contributed by atoms with E-state index in [-0.39, 0.29) is 11.7 Å². The van der Waals surface area contributed by atoms with E-state index in [4.69, 9.17) is 9.84 Å². The summed E-state index contributed by atoms with van der Waals surface area (Å²) in [7, 11) is 0. The van der Waals surface area contributed by atoms with E-state index in [1.807, 2.05) is 23.0 Å². The van der Waals surface area contributed by atoms with Crippen molar-refractivity contribution in [2.75, 3.05) is 36.5 Å². The van der Waals surface area contributed by atoms with Crippen molar-refractivity contribution < 1.29 is 18.3 Å². The van der Waals surface area contributed by atoms with Gasteiger partial charge in [0.1, 0.15) is 11.4 Å². The lowest BCUT2D eigenvalue weighted by Crippen LogP contribution is -2.27. The van der Waals surface area contributed by atoms with Crippen molar-refractivity contribution in [3.63, 3.8) is 0 Å². The maximum Gasteiger partial charge on any atom is 0.276 e. The van der Waals surface area contributed by atoms with Gasteiger partial charge >= 0.3 is 0 Å². The number of aromatic nitrogens is 4. The molecule has 1 spiro atoms. The van der Waals surface area contributed by atoms with Gasteiger partial charge in [-0.2, -0.15) is 14.9 Å². The molecule has 3 aliphatic rings. The van der Waals surface area contributed by atoms with Crippen molar-refractivity contribution in [3.05, 3.63) is 76.3 Å². The number of nitrogens with zero attached hydrogens (tertiary/aromatic N) is 5. The van der Waals surface area contributed by atoms with E-state index in [0.717, 1.165) is 73.7 Å². The van der Waals surface area contributed by atoms with E-state index < -0.39 is 28.8 Å². The summed E-state index contributed by atoms with van der Waals surface area (Å²) in [6.07, 6.45) is 7.33. The highest BCUT2D eigenvalue weighted by atomic mass is 19.1. The summed E-state index contributed by atoms with van der Waals surface area (Å²) >= 11 is 0. The van der Waals surface area contributed by atoms with Gasteiger partial charge < -0.3 is 15.0 Å². The molecule has 2 aromatic heterocycles. The Labute approximate surface area is 228 Å². The number of nitrogens with one attached hydrogen (secondary N) is 1. The molecule has 2 aliphatic heterocycles. The Morgan fingerprint density at radius 2 is 1.88 bits per heavy atom. The van der Waals surface area contributed by atoms with E-state index in [1.54, 1.807) is 0 Å². The first-order chi connectivity index (χ1) is 19.4. The predicted octanol–water partition coefficient (Wildman–Crippen LogP) is 4.45. The SMILES string of the molecule is O=C(Nc1ccc2c(cnn2[C@@H]2CCCOC2)c1N1CCC2(CC2)C1)c1ccc(=O)n(-c2c(F)cccc2F)n1. The van der Waals surface area contributed by atoms with Crippen molar-refractivity contribution in [2.24, 2.45) is 5.41 Å². The molecule has 0 radical (unpaired) electrons. The van der Waals surface area contributed by atoms with Crippen molar-refractivity contribution >= 4 is 28.2 Å². The van der Waals surface area contributed by atoms with Crippen LogP contribution in [0.5, 0.6) is 0 Å². The summed E-state index contributed by atoms with van der Waals surface area (Å²) in [5.74, 6) is -2.51. The topological polar surface area (TPSA) is 94.3 Å². The Morgan fingerprint density at radius 3 is 2.60 bits per heavy atom. The van der Waals surface area contributed by atoms with Crippen LogP contribution in [-0.2, 0) is 4.74 Å². The second-order valence-corrected chi connectivity index (χ2v) is 11.0. The van der Waals surface area contributed by atoms with Gasteiger partial charge in [0.05, 0.1) is 35.7 Å². The number of hydrogen-bond acceptors (Lipinski definition) is 6. The molecule has 1 N–H and O–H groups in total. The maximum absolute atomic E-state index is 14.4. The summed E-state index contributed by atoms with van der Waals surface area (Å²) < 4.78 is 37.1. The van der Waals surface area contributed by atoms with Gasteiger partial charge in [-0.15, -0.1) is 0 Å². The van der Waals surface area contributed by atoms with E-state index in [9.17, 15) is 18.4 Å². The third-order valence-corrected chi connectivity index (χ3v) is 8.38. The van der Waals surface area contributed by atoms with Crippen LogP contribution < -0.4 is 15.8 Å². The van der Waals surface area contributed by atoms with Crippen molar-refractivity contribution in [2.45, 2.75) is 38.1 Å². The second kappa shape index (κ2) is 9.51. The molecule has 40 heavy (non-hydrogen) atoms. The molecule has 0 bridgehead atoms. The lowest BCUT2D eigenvalue weighted by Gasteiger charge is -2.25. The smallest absolute Gasteiger partial charge is 0.276 e. The molecule has 1 saturated carbocycles. The minimum Gasteiger partial charge on any atom is -0.379 e. The summed E-state index contributed by atoms with van der Waals surface area (Å²) in [5.41, 5.74) is 1.27. The maximum atomic E-state index is 14.4. The van der Waals surface area contributed by atoms with Gasteiger partial charge in [0.25, 0.3) is 11.5 Å². The van der Waals surface area contributed by atoms with Gasteiger partial charge in [-0.3, -0.25) is 14.3 Å². The molecule has 3 fully saturated rings. The molecular weight excluding hydrogens is 518 g/mol. The quantitative estimate of drug-likeness (QED) is 0.398. The Bertz CT molecular complexity index is 1670. The molecule has 9 nitrogen and oxygen atoms in total. The number of benzene rings is 2. The zero-order chi connectivity index (χ0) is 27.4. The van der Waals surface area contributed by atoms with E-state index in [2.05, 4.69) is 15.3 Å². The third-order valence-electron chi connectivity index (χ3n) is 8.38. The number of hydrogen-bond donors (Lipinski definition) is 1. The first kappa shape index (κ1) is 24.9. The number of carbonyl (C=O) groups is 1. The summed E-state index contributed by atoms with van der Waals surface area (Å²) in [6.45, 7) is 3.15. The molecule has 4 aromatic rings. The number of carbonyl (C=O) groups excluding carboxylic acids is 1. The average molecular weight is 547 g/mol. The Kier molecular flexibility index (Phi) is 5.92. The fourth-order valence-electron chi connectivity index (χ4n) is 6.04. The van der Waals surface area contributed by atoms with E-state index >= 15 is 0 Å². The number of amides is 1. The number of ether oxygens (including phenoxy) is 1. The number of rotatable bonds is 5. The zero-order valence-corrected chi connectivity index (χ0v) is 21.8. The van der Waals surface area contributed by atoms with Gasteiger partial charge in [0.15, 0.2) is 11.6 Å². The predicted molar refractivity (Wildman–Crippen MR) is 145 cm³/mol. The highest BCUT2D eigenvalue weighted by Crippen LogP contribution is 2.54. The Hall–Kier alpha value is -4.12. The lowest BCUT2D eigenvalue weighted by atomic mass is 10.1. The van der Waals surface area contributed by atoms with Gasteiger partial charge in [0, 0.05) is 31.1 Å². The number of halogens is 2. The summed E-state index contributed by atoms with van der Waals surface area (Å²) in [6, 6.07) is 9.54. The minimum atomic E-state index is -0.955. The minimum absolute atomic E-state index is 0.150. The number of fused-ring (bicyclic) bond motifs is 1. The Balaban J connectivity index is 1.26. The third kappa shape index (κ3) is 4.25. The highest BCUT2D eigenvalue weighted by Gasteiger charge is 2.48. The largest absolute Gasteiger partial charge is 0.379 e. The molecule has 7 rings (SSSR count). The normalized spacial score (nSPS) is 19.9. The van der Waals surface area contributed by atoms with Crippen molar-refractivity contribution in [1.29, 1.82) is 0 Å². The Morgan fingerprint density at radius 1 is 1.05 bits per heavy atom. The van der Waals surface area contributed by atoms with Gasteiger partial charge in [-0.25, -0.2) is 8.78 Å². The zero-order valence-electron chi connectivity index (χ0n) is 21.8. The van der Waals surface area contributed by atoms with Crippen LogP contribution in [-0.4, -0.2) is 51.8 Å². The molecule has 206 valence electrons. The van der Waals surface area contributed by atoms with E-state index in [1.165, 1.54) is 25.0 Å². The van der Waals surface area contributed by atoms with Crippen LogP contribution in [0.15, 0.2) is 53.5 Å². The van der Waals surface area contributed by atoms with Crippen LogP contribution in [0.25, 0.3) is 16.6 Å². The lowest BCUT2D eigenvalue weighted by molar-refractivity contribution is 0.0565. The van der Waals surface area contributed by atoms with Crippen LogP contribution >= 0.6 is 0 Å². The van der Waals surface area contributed by atoms with Crippen LogP contribution in [0.3, 0.4) is 0 Å². The molecule has 1 aliphatic carbocycles. The van der Waals surface area contributed by atoms with Crippen molar-refractivity contribution in [3.8, 4) is 5.69 Å².